The highest BCUT2D eigenvalue weighted by Crippen LogP contribution is 2.22. The molecule has 2 nitrogen and oxygen atoms in total. The SMILES string of the molecule is Fc1ccc2c(ccn2CCNCC2CCCCC2)c1. The van der Waals surface area contributed by atoms with Gasteiger partial charge in [-0.05, 0) is 49.6 Å². The molecule has 1 fully saturated rings. The Kier molecular flexibility index (Phi) is 4.36. The molecule has 3 rings (SSSR count). The van der Waals surface area contributed by atoms with E-state index in [1.807, 2.05) is 18.3 Å². The molecule has 1 aromatic carbocycles. The van der Waals surface area contributed by atoms with Crippen LogP contribution in [0.15, 0.2) is 30.5 Å². The summed E-state index contributed by atoms with van der Waals surface area (Å²) in [6.07, 6.45) is 9.05. The Balaban J connectivity index is 1.49. The average molecular weight is 274 g/mol. The fourth-order valence-electron chi connectivity index (χ4n) is 3.26. The normalized spacial score (nSPS) is 16.9. The van der Waals surface area contributed by atoms with E-state index in [9.17, 15) is 4.39 Å². The Bertz CT molecular complexity index is 555. The lowest BCUT2D eigenvalue weighted by molar-refractivity contribution is 0.341. The Labute approximate surface area is 120 Å². The van der Waals surface area contributed by atoms with Crippen molar-refractivity contribution in [2.75, 3.05) is 13.1 Å². The molecule has 108 valence electrons. The van der Waals surface area contributed by atoms with E-state index in [2.05, 4.69) is 9.88 Å². The van der Waals surface area contributed by atoms with Gasteiger partial charge in [0.15, 0.2) is 0 Å². The quantitative estimate of drug-likeness (QED) is 0.817. The molecule has 0 saturated heterocycles. The van der Waals surface area contributed by atoms with Gasteiger partial charge in [-0.1, -0.05) is 19.3 Å². The number of benzene rings is 1. The maximum Gasteiger partial charge on any atom is 0.123 e. The van der Waals surface area contributed by atoms with Gasteiger partial charge in [0.05, 0.1) is 0 Å². The number of aromatic nitrogens is 1. The van der Waals surface area contributed by atoms with E-state index in [1.165, 1.54) is 38.2 Å². The first-order valence-electron chi connectivity index (χ1n) is 7.78. The zero-order valence-electron chi connectivity index (χ0n) is 11.9. The van der Waals surface area contributed by atoms with Crippen molar-refractivity contribution in [3.05, 3.63) is 36.3 Å². The molecule has 0 atom stereocenters. The summed E-state index contributed by atoms with van der Waals surface area (Å²) in [6, 6.07) is 6.99. The zero-order valence-corrected chi connectivity index (χ0v) is 11.9. The number of rotatable bonds is 5. The van der Waals surface area contributed by atoms with Crippen LogP contribution in [0.3, 0.4) is 0 Å². The second-order valence-electron chi connectivity index (χ2n) is 5.92. The Morgan fingerprint density at radius 3 is 2.85 bits per heavy atom. The number of hydrogen-bond donors (Lipinski definition) is 1. The van der Waals surface area contributed by atoms with Gasteiger partial charge in [-0.15, -0.1) is 0 Å². The van der Waals surface area contributed by atoms with Crippen molar-refractivity contribution >= 4 is 10.9 Å². The molecule has 0 spiro atoms. The molecule has 20 heavy (non-hydrogen) atoms. The largest absolute Gasteiger partial charge is 0.346 e. The van der Waals surface area contributed by atoms with Crippen LogP contribution >= 0.6 is 0 Å². The molecule has 1 saturated carbocycles. The second kappa shape index (κ2) is 6.40. The van der Waals surface area contributed by atoms with Crippen LogP contribution in [0.5, 0.6) is 0 Å². The zero-order chi connectivity index (χ0) is 13.8. The standard InChI is InChI=1S/C17H23FN2/c18-16-6-7-17-15(12-16)8-10-20(17)11-9-19-13-14-4-2-1-3-5-14/h6-8,10,12,14,19H,1-5,9,11,13H2. The Morgan fingerprint density at radius 2 is 2.00 bits per heavy atom. The number of fused-ring (bicyclic) bond motifs is 1. The van der Waals surface area contributed by atoms with E-state index < -0.39 is 0 Å². The van der Waals surface area contributed by atoms with Crippen LogP contribution < -0.4 is 5.32 Å². The Morgan fingerprint density at radius 1 is 1.15 bits per heavy atom. The summed E-state index contributed by atoms with van der Waals surface area (Å²) in [6.45, 7) is 3.08. The molecule has 1 aliphatic carbocycles. The molecule has 0 radical (unpaired) electrons. The first-order valence-corrected chi connectivity index (χ1v) is 7.78. The topological polar surface area (TPSA) is 17.0 Å². The van der Waals surface area contributed by atoms with E-state index in [0.717, 1.165) is 36.5 Å². The smallest absolute Gasteiger partial charge is 0.123 e. The van der Waals surface area contributed by atoms with Crippen LogP contribution in [0.4, 0.5) is 4.39 Å². The van der Waals surface area contributed by atoms with Crippen LogP contribution in [-0.4, -0.2) is 17.7 Å². The number of nitrogens with one attached hydrogen (secondary N) is 1. The van der Waals surface area contributed by atoms with Gasteiger partial charge in [0.2, 0.25) is 0 Å². The van der Waals surface area contributed by atoms with Crippen molar-refractivity contribution in [3.8, 4) is 0 Å². The van der Waals surface area contributed by atoms with Crippen LogP contribution in [0.1, 0.15) is 32.1 Å². The lowest BCUT2D eigenvalue weighted by atomic mass is 9.89. The van der Waals surface area contributed by atoms with E-state index in [0.29, 0.717) is 0 Å². The third-order valence-electron chi connectivity index (χ3n) is 4.42. The highest BCUT2D eigenvalue weighted by Gasteiger charge is 2.12. The van der Waals surface area contributed by atoms with E-state index in [-0.39, 0.29) is 5.82 Å². The summed E-state index contributed by atoms with van der Waals surface area (Å²) >= 11 is 0. The minimum atomic E-state index is -0.161. The molecule has 1 N–H and O–H groups in total. The molecule has 2 aromatic rings. The van der Waals surface area contributed by atoms with Gasteiger partial charge in [0.25, 0.3) is 0 Å². The van der Waals surface area contributed by atoms with Gasteiger partial charge in [-0.3, -0.25) is 0 Å². The van der Waals surface area contributed by atoms with Crippen molar-refractivity contribution in [3.63, 3.8) is 0 Å². The van der Waals surface area contributed by atoms with E-state index in [4.69, 9.17) is 0 Å². The fraction of sp³-hybridized carbons (Fsp3) is 0.529. The molecule has 1 aliphatic rings. The van der Waals surface area contributed by atoms with E-state index >= 15 is 0 Å². The number of nitrogens with zero attached hydrogens (tertiary/aromatic N) is 1. The molecule has 1 aromatic heterocycles. The average Bonchev–Trinajstić information content (AvgIpc) is 2.87. The van der Waals surface area contributed by atoms with Crippen LogP contribution in [0.2, 0.25) is 0 Å². The molecular weight excluding hydrogens is 251 g/mol. The van der Waals surface area contributed by atoms with Crippen molar-refractivity contribution in [2.45, 2.75) is 38.6 Å². The van der Waals surface area contributed by atoms with Crippen molar-refractivity contribution in [1.82, 2.24) is 9.88 Å². The maximum absolute atomic E-state index is 13.1. The lowest BCUT2D eigenvalue weighted by Gasteiger charge is -2.21. The van der Waals surface area contributed by atoms with Gasteiger partial charge in [0, 0.05) is 30.2 Å². The van der Waals surface area contributed by atoms with Crippen molar-refractivity contribution < 1.29 is 4.39 Å². The van der Waals surface area contributed by atoms with Gasteiger partial charge < -0.3 is 9.88 Å². The predicted octanol–water partition coefficient (Wildman–Crippen LogP) is 3.95. The summed E-state index contributed by atoms with van der Waals surface area (Å²) in [5.41, 5.74) is 1.12. The first-order chi connectivity index (χ1) is 9.83. The van der Waals surface area contributed by atoms with Crippen molar-refractivity contribution in [1.29, 1.82) is 0 Å². The summed E-state index contributed by atoms with van der Waals surface area (Å²) in [5.74, 6) is 0.713. The van der Waals surface area contributed by atoms with Gasteiger partial charge >= 0.3 is 0 Å². The Hall–Kier alpha value is -1.35. The van der Waals surface area contributed by atoms with Crippen molar-refractivity contribution in [2.24, 2.45) is 5.92 Å². The molecule has 0 bridgehead atoms. The highest BCUT2D eigenvalue weighted by atomic mass is 19.1. The first kappa shape index (κ1) is 13.6. The lowest BCUT2D eigenvalue weighted by Crippen LogP contribution is -2.27. The molecule has 0 aliphatic heterocycles. The van der Waals surface area contributed by atoms with Crippen LogP contribution in [-0.2, 0) is 6.54 Å². The van der Waals surface area contributed by atoms with Crippen LogP contribution in [0.25, 0.3) is 10.9 Å². The molecule has 0 amide bonds. The molecule has 0 unspecified atom stereocenters. The minimum Gasteiger partial charge on any atom is -0.346 e. The molecular formula is C17H23FN2. The highest BCUT2D eigenvalue weighted by molar-refractivity contribution is 5.80. The maximum atomic E-state index is 13.1. The summed E-state index contributed by atoms with van der Waals surface area (Å²) in [7, 11) is 0. The number of halogens is 1. The monoisotopic (exact) mass is 274 g/mol. The molecule has 3 heteroatoms. The summed E-state index contributed by atoms with van der Waals surface area (Å²) in [5, 5.41) is 4.56. The third kappa shape index (κ3) is 3.21. The van der Waals surface area contributed by atoms with Crippen LogP contribution in [0, 0.1) is 11.7 Å². The summed E-state index contributed by atoms with van der Waals surface area (Å²) < 4.78 is 15.3. The summed E-state index contributed by atoms with van der Waals surface area (Å²) in [4.78, 5) is 0. The fourth-order valence-corrected chi connectivity index (χ4v) is 3.26. The van der Waals surface area contributed by atoms with Gasteiger partial charge in [0.1, 0.15) is 5.82 Å². The van der Waals surface area contributed by atoms with E-state index in [1.54, 1.807) is 6.07 Å². The molecule has 1 heterocycles. The third-order valence-corrected chi connectivity index (χ3v) is 4.42. The van der Waals surface area contributed by atoms with Gasteiger partial charge in [-0.2, -0.15) is 0 Å². The second-order valence-corrected chi connectivity index (χ2v) is 5.92. The predicted molar refractivity (Wildman–Crippen MR) is 81.3 cm³/mol. The van der Waals surface area contributed by atoms with Gasteiger partial charge in [-0.25, -0.2) is 4.39 Å². The number of hydrogen-bond acceptors (Lipinski definition) is 1. The minimum absolute atomic E-state index is 0.161.